The lowest BCUT2D eigenvalue weighted by Gasteiger charge is -2.10. The minimum absolute atomic E-state index is 0.0532. The third-order valence-corrected chi connectivity index (χ3v) is 5.86. The number of rotatable bonds is 9. The second-order valence-electron chi connectivity index (χ2n) is 9.12. The number of benzene rings is 2. The average Bonchev–Trinajstić information content (AvgIpc) is 2.78. The molecule has 0 unspecified atom stereocenters. The van der Waals surface area contributed by atoms with Gasteiger partial charge in [0.25, 0.3) is 0 Å². The molecule has 2 aromatic carbocycles. The zero-order valence-corrected chi connectivity index (χ0v) is 20.5. The van der Waals surface area contributed by atoms with Crippen LogP contribution in [0, 0.1) is 0 Å². The van der Waals surface area contributed by atoms with Crippen molar-refractivity contribution in [2.24, 2.45) is 0 Å². The van der Waals surface area contributed by atoms with Crippen LogP contribution in [0.5, 0.6) is 11.5 Å². The summed E-state index contributed by atoms with van der Waals surface area (Å²) < 4.78 is 6.11. The third-order valence-electron chi connectivity index (χ3n) is 5.86. The fraction of sp³-hybridized carbons (Fsp3) is 0.300. The first kappa shape index (κ1) is 25.1. The van der Waals surface area contributed by atoms with Gasteiger partial charge in [0.05, 0.1) is 10.9 Å². The third kappa shape index (κ3) is 6.74. The number of allylic oxidation sites excluding steroid dienone is 6. The smallest absolute Gasteiger partial charge is 0.200 e. The van der Waals surface area contributed by atoms with Gasteiger partial charge in [-0.1, -0.05) is 47.1 Å². The van der Waals surface area contributed by atoms with Crippen LogP contribution in [-0.2, 0) is 6.42 Å². The van der Waals surface area contributed by atoms with E-state index in [4.69, 9.17) is 4.42 Å². The van der Waals surface area contributed by atoms with Crippen LogP contribution in [0.2, 0.25) is 0 Å². The molecule has 0 fully saturated rings. The van der Waals surface area contributed by atoms with Gasteiger partial charge in [-0.3, -0.25) is 4.79 Å². The van der Waals surface area contributed by atoms with Crippen LogP contribution in [-0.4, -0.2) is 10.2 Å². The molecule has 0 aliphatic carbocycles. The summed E-state index contributed by atoms with van der Waals surface area (Å²) in [6.45, 7) is 8.53. The molecule has 4 heteroatoms. The van der Waals surface area contributed by atoms with Gasteiger partial charge in [0.15, 0.2) is 0 Å². The normalized spacial score (nSPS) is 12.2. The Hall–Kier alpha value is -3.53. The molecular weight excluding hydrogens is 424 g/mol. The summed E-state index contributed by atoms with van der Waals surface area (Å²) in [5.41, 5.74) is 5.37. The number of hydrogen-bond acceptors (Lipinski definition) is 4. The van der Waals surface area contributed by atoms with E-state index in [0.717, 1.165) is 25.7 Å². The Kier molecular flexibility index (Phi) is 8.53. The topological polar surface area (TPSA) is 70.7 Å². The van der Waals surface area contributed by atoms with Crippen LogP contribution in [0.25, 0.3) is 22.1 Å². The molecule has 1 heterocycles. The number of hydrogen-bond donors (Lipinski definition) is 2. The Balaban J connectivity index is 1.83. The van der Waals surface area contributed by atoms with Crippen molar-refractivity contribution in [3.8, 4) is 22.6 Å². The minimum Gasteiger partial charge on any atom is -0.508 e. The zero-order chi connectivity index (χ0) is 24.7. The molecular formula is C30H34O4. The maximum Gasteiger partial charge on any atom is 0.200 e. The molecule has 4 nitrogen and oxygen atoms in total. The fourth-order valence-electron chi connectivity index (χ4n) is 3.90. The van der Waals surface area contributed by atoms with Crippen molar-refractivity contribution in [2.75, 3.05) is 0 Å². The van der Waals surface area contributed by atoms with E-state index in [-0.39, 0.29) is 16.9 Å². The van der Waals surface area contributed by atoms with Crippen LogP contribution in [0.3, 0.4) is 0 Å². The van der Waals surface area contributed by atoms with Crippen LogP contribution < -0.4 is 5.43 Å². The molecule has 0 amide bonds. The highest BCUT2D eigenvalue weighted by molar-refractivity contribution is 5.84. The monoisotopic (exact) mass is 458 g/mol. The summed E-state index contributed by atoms with van der Waals surface area (Å²) in [5, 5.41) is 19.9. The van der Waals surface area contributed by atoms with Crippen molar-refractivity contribution in [2.45, 2.75) is 59.8 Å². The maximum atomic E-state index is 13.3. The summed E-state index contributed by atoms with van der Waals surface area (Å²) in [7, 11) is 0. The standard InChI is InChI=1S/C30H34O4/c1-20(2)7-5-8-21(3)9-6-10-22(4)11-18-27-29(23-12-14-24(31)15-13-23)30(33)26-17-16-25(32)19-28(26)34-27/h7,9,11-17,19,31-32H,5-6,8,10,18H2,1-4H3/b21-9+,22-11+. The van der Waals surface area contributed by atoms with Crippen LogP contribution >= 0.6 is 0 Å². The summed E-state index contributed by atoms with van der Waals surface area (Å²) in [5.74, 6) is 0.736. The minimum atomic E-state index is -0.150. The van der Waals surface area contributed by atoms with Crippen molar-refractivity contribution in [1.29, 1.82) is 0 Å². The molecule has 0 bridgehead atoms. The Morgan fingerprint density at radius 3 is 2.12 bits per heavy atom. The van der Waals surface area contributed by atoms with Crippen molar-refractivity contribution >= 4 is 11.0 Å². The van der Waals surface area contributed by atoms with E-state index >= 15 is 0 Å². The second kappa shape index (κ2) is 11.6. The summed E-state index contributed by atoms with van der Waals surface area (Å²) in [6, 6.07) is 11.1. The lowest BCUT2D eigenvalue weighted by Crippen LogP contribution is -2.09. The highest BCUT2D eigenvalue weighted by Gasteiger charge is 2.16. The van der Waals surface area contributed by atoms with Crippen LogP contribution in [0.4, 0.5) is 0 Å². The van der Waals surface area contributed by atoms with E-state index < -0.39 is 0 Å². The summed E-state index contributed by atoms with van der Waals surface area (Å²) in [6.07, 6.45) is 11.2. The second-order valence-corrected chi connectivity index (χ2v) is 9.12. The largest absolute Gasteiger partial charge is 0.508 e. The quantitative estimate of drug-likeness (QED) is 0.321. The van der Waals surface area contributed by atoms with Gasteiger partial charge < -0.3 is 14.6 Å². The molecule has 0 spiro atoms. The van der Waals surface area contributed by atoms with Gasteiger partial charge in [0, 0.05) is 12.5 Å². The lowest BCUT2D eigenvalue weighted by molar-refractivity contribution is 0.472. The first-order valence-electron chi connectivity index (χ1n) is 11.8. The number of aromatic hydroxyl groups is 2. The van der Waals surface area contributed by atoms with Crippen LogP contribution in [0.1, 0.15) is 59.1 Å². The van der Waals surface area contributed by atoms with Crippen LogP contribution in [0.15, 0.2) is 86.6 Å². The molecule has 2 N–H and O–H groups in total. The van der Waals surface area contributed by atoms with Gasteiger partial charge in [-0.15, -0.1) is 0 Å². The van der Waals surface area contributed by atoms with Gasteiger partial charge in [-0.2, -0.15) is 0 Å². The predicted molar refractivity (Wildman–Crippen MR) is 140 cm³/mol. The van der Waals surface area contributed by atoms with Gasteiger partial charge >= 0.3 is 0 Å². The van der Waals surface area contributed by atoms with E-state index in [1.165, 1.54) is 28.9 Å². The number of phenolic OH excluding ortho intramolecular Hbond substituents is 2. The van der Waals surface area contributed by atoms with Crippen molar-refractivity contribution < 1.29 is 14.6 Å². The number of fused-ring (bicyclic) bond motifs is 1. The Morgan fingerprint density at radius 2 is 1.44 bits per heavy atom. The Labute approximate surface area is 201 Å². The highest BCUT2D eigenvalue weighted by atomic mass is 16.3. The molecule has 0 aliphatic rings. The molecule has 0 aliphatic heterocycles. The van der Waals surface area contributed by atoms with E-state index in [2.05, 4.69) is 45.9 Å². The fourth-order valence-corrected chi connectivity index (χ4v) is 3.90. The Bertz CT molecular complexity index is 1280. The van der Waals surface area contributed by atoms with E-state index in [9.17, 15) is 15.0 Å². The van der Waals surface area contributed by atoms with Crippen molar-refractivity contribution in [3.05, 3.63) is 93.4 Å². The first-order valence-corrected chi connectivity index (χ1v) is 11.8. The Morgan fingerprint density at radius 1 is 0.824 bits per heavy atom. The first-order chi connectivity index (χ1) is 16.2. The summed E-state index contributed by atoms with van der Waals surface area (Å²) >= 11 is 0. The van der Waals surface area contributed by atoms with Gasteiger partial charge in [0.1, 0.15) is 22.8 Å². The molecule has 178 valence electrons. The molecule has 34 heavy (non-hydrogen) atoms. The van der Waals surface area contributed by atoms with Crippen molar-refractivity contribution in [3.63, 3.8) is 0 Å². The average molecular weight is 459 g/mol. The van der Waals surface area contributed by atoms with Crippen molar-refractivity contribution in [1.82, 2.24) is 0 Å². The van der Waals surface area contributed by atoms with Gasteiger partial charge in [-0.05, 0) is 83.2 Å². The molecule has 0 atom stereocenters. The zero-order valence-electron chi connectivity index (χ0n) is 20.5. The highest BCUT2D eigenvalue weighted by Crippen LogP contribution is 2.28. The molecule has 0 saturated carbocycles. The predicted octanol–water partition coefficient (Wildman–Crippen LogP) is 7.83. The van der Waals surface area contributed by atoms with E-state index in [1.807, 2.05) is 0 Å². The molecule has 0 saturated heterocycles. The van der Waals surface area contributed by atoms with E-state index in [0.29, 0.717) is 34.3 Å². The molecule has 0 radical (unpaired) electrons. The maximum absolute atomic E-state index is 13.3. The molecule has 3 aromatic rings. The molecule has 1 aromatic heterocycles. The SMILES string of the molecule is CC(C)=CCC/C(C)=C/CC/C(C)=C/Cc1oc2cc(O)ccc2c(=O)c1-c1ccc(O)cc1. The number of phenols is 2. The van der Waals surface area contributed by atoms with Gasteiger partial charge in [-0.25, -0.2) is 0 Å². The summed E-state index contributed by atoms with van der Waals surface area (Å²) in [4.78, 5) is 13.3. The van der Waals surface area contributed by atoms with E-state index in [1.54, 1.807) is 30.3 Å². The lowest BCUT2D eigenvalue weighted by atomic mass is 9.99. The molecule has 3 rings (SSSR count). The van der Waals surface area contributed by atoms with Gasteiger partial charge in [0.2, 0.25) is 5.43 Å².